The Labute approximate surface area is 89.0 Å². The van der Waals surface area contributed by atoms with E-state index in [1.54, 1.807) is 12.1 Å². The summed E-state index contributed by atoms with van der Waals surface area (Å²) < 4.78 is 10.9. The molecule has 80 valence electrons. The van der Waals surface area contributed by atoms with E-state index in [4.69, 9.17) is 9.47 Å². The molecular weight excluding hydrogens is 192 g/mol. The molecule has 0 saturated carbocycles. The Morgan fingerprint density at radius 2 is 2.20 bits per heavy atom. The molecule has 1 aliphatic rings. The number of ketones is 1. The lowest BCUT2D eigenvalue weighted by Gasteiger charge is -2.17. The van der Waals surface area contributed by atoms with Gasteiger partial charge in [-0.05, 0) is 32.0 Å². The predicted molar refractivity (Wildman–Crippen MR) is 56.6 cm³/mol. The Morgan fingerprint density at radius 1 is 1.40 bits per heavy atom. The number of rotatable bonds is 2. The second kappa shape index (κ2) is 3.93. The Hall–Kier alpha value is -1.51. The van der Waals surface area contributed by atoms with Gasteiger partial charge in [-0.2, -0.15) is 0 Å². The minimum absolute atomic E-state index is 0.114. The van der Waals surface area contributed by atoms with Gasteiger partial charge in [-0.1, -0.05) is 0 Å². The van der Waals surface area contributed by atoms with Crippen LogP contribution in [0.1, 0.15) is 30.6 Å². The lowest BCUT2D eigenvalue weighted by molar-refractivity contribution is 0.0932. The van der Waals surface area contributed by atoms with Crippen molar-refractivity contribution in [2.75, 3.05) is 6.61 Å². The van der Waals surface area contributed by atoms with Gasteiger partial charge in [0.1, 0.15) is 11.5 Å². The molecule has 0 bridgehead atoms. The van der Waals surface area contributed by atoms with Gasteiger partial charge in [0, 0.05) is 6.42 Å². The first-order valence-corrected chi connectivity index (χ1v) is 5.13. The van der Waals surface area contributed by atoms with E-state index < -0.39 is 0 Å². The average Bonchev–Trinajstić information content (AvgIpc) is 2.18. The highest BCUT2D eigenvalue weighted by Gasteiger charge is 2.18. The van der Waals surface area contributed by atoms with Crippen LogP contribution in [-0.2, 0) is 0 Å². The second-order valence-electron chi connectivity index (χ2n) is 3.85. The molecule has 1 aliphatic heterocycles. The van der Waals surface area contributed by atoms with Crippen LogP contribution >= 0.6 is 0 Å². The van der Waals surface area contributed by atoms with Crippen LogP contribution in [0.5, 0.6) is 11.5 Å². The zero-order chi connectivity index (χ0) is 10.8. The van der Waals surface area contributed by atoms with Crippen LogP contribution in [0, 0.1) is 0 Å². The molecule has 0 saturated heterocycles. The van der Waals surface area contributed by atoms with Gasteiger partial charge in [0.25, 0.3) is 0 Å². The summed E-state index contributed by atoms with van der Waals surface area (Å²) >= 11 is 0. The normalized spacial score (nSPS) is 14.7. The van der Waals surface area contributed by atoms with Gasteiger partial charge in [-0.3, -0.25) is 4.79 Å². The summed E-state index contributed by atoms with van der Waals surface area (Å²) in [6, 6.07) is 5.39. The van der Waals surface area contributed by atoms with E-state index in [1.807, 2.05) is 19.9 Å². The van der Waals surface area contributed by atoms with Gasteiger partial charge in [-0.25, -0.2) is 0 Å². The lowest BCUT2D eigenvalue weighted by Crippen LogP contribution is -2.15. The fourth-order valence-corrected chi connectivity index (χ4v) is 1.59. The molecule has 1 heterocycles. The van der Waals surface area contributed by atoms with E-state index in [0.29, 0.717) is 24.3 Å². The van der Waals surface area contributed by atoms with Crippen molar-refractivity contribution in [1.82, 2.24) is 0 Å². The highest BCUT2D eigenvalue weighted by molar-refractivity contribution is 5.99. The summed E-state index contributed by atoms with van der Waals surface area (Å²) in [5.41, 5.74) is 0.638. The first kappa shape index (κ1) is 10.0. The van der Waals surface area contributed by atoms with Crippen molar-refractivity contribution in [3.05, 3.63) is 23.8 Å². The van der Waals surface area contributed by atoms with Gasteiger partial charge in [-0.15, -0.1) is 0 Å². The van der Waals surface area contributed by atoms with Crippen molar-refractivity contribution in [3.63, 3.8) is 0 Å². The fraction of sp³-hybridized carbons (Fsp3) is 0.417. The largest absolute Gasteiger partial charge is 0.492 e. The topological polar surface area (TPSA) is 35.5 Å². The molecule has 0 amide bonds. The van der Waals surface area contributed by atoms with Crippen molar-refractivity contribution in [2.24, 2.45) is 0 Å². The Kier molecular flexibility index (Phi) is 2.62. The highest BCUT2D eigenvalue weighted by atomic mass is 16.5. The van der Waals surface area contributed by atoms with E-state index >= 15 is 0 Å². The molecule has 15 heavy (non-hydrogen) atoms. The molecule has 0 fully saturated rings. The Balaban J connectivity index is 2.31. The lowest BCUT2D eigenvalue weighted by atomic mass is 10.0. The molecular formula is C12H14O3. The van der Waals surface area contributed by atoms with Crippen molar-refractivity contribution in [1.29, 1.82) is 0 Å². The predicted octanol–water partition coefficient (Wildman–Crippen LogP) is 2.44. The third-order valence-corrected chi connectivity index (χ3v) is 2.21. The van der Waals surface area contributed by atoms with E-state index in [-0.39, 0.29) is 11.9 Å². The van der Waals surface area contributed by atoms with Crippen molar-refractivity contribution < 1.29 is 14.3 Å². The Bertz CT molecular complexity index is 382. The molecule has 3 heteroatoms. The van der Waals surface area contributed by atoms with E-state index in [9.17, 15) is 4.79 Å². The summed E-state index contributed by atoms with van der Waals surface area (Å²) in [6.07, 6.45) is 0.570. The summed E-state index contributed by atoms with van der Waals surface area (Å²) in [6.45, 7) is 4.39. The van der Waals surface area contributed by atoms with Crippen molar-refractivity contribution in [3.8, 4) is 11.5 Å². The molecule has 0 spiro atoms. The number of carbonyl (C=O) groups excluding carboxylic acids is 1. The first-order chi connectivity index (χ1) is 7.16. The minimum Gasteiger partial charge on any atom is -0.492 e. The van der Waals surface area contributed by atoms with Crippen LogP contribution in [0.2, 0.25) is 0 Å². The molecule has 0 atom stereocenters. The molecule has 0 aromatic heterocycles. The number of ether oxygens (including phenoxy) is 2. The van der Waals surface area contributed by atoms with E-state index in [0.717, 1.165) is 5.75 Å². The fourth-order valence-electron chi connectivity index (χ4n) is 1.59. The van der Waals surface area contributed by atoms with Gasteiger partial charge < -0.3 is 9.47 Å². The molecule has 1 aromatic carbocycles. The smallest absolute Gasteiger partial charge is 0.170 e. The van der Waals surface area contributed by atoms with Crippen LogP contribution in [0.15, 0.2) is 18.2 Å². The summed E-state index contributed by atoms with van der Waals surface area (Å²) in [7, 11) is 0. The van der Waals surface area contributed by atoms with Crippen molar-refractivity contribution >= 4 is 5.78 Å². The zero-order valence-electron chi connectivity index (χ0n) is 8.95. The number of fused-ring (bicyclic) bond motifs is 1. The molecule has 0 unspecified atom stereocenters. The zero-order valence-corrected chi connectivity index (χ0v) is 8.95. The monoisotopic (exact) mass is 206 g/mol. The van der Waals surface area contributed by atoms with Crippen molar-refractivity contribution in [2.45, 2.75) is 26.4 Å². The van der Waals surface area contributed by atoms with Gasteiger partial charge in [0.15, 0.2) is 5.78 Å². The standard InChI is InChI=1S/C12H14O3/c1-8(2)15-9-3-4-12-10(7-9)11(13)5-6-14-12/h3-4,7-8H,5-6H2,1-2H3. The first-order valence-electron chi connectivity index (χ1n) is 5.13. The second-order valence-corrected chi connectivity index (χ2v) is 3.85. The minimum atomic E-state index is 0.114. The number of Topliss-reactive ketones (excluding diaryl/α,β-unsaturated/α-hetero) is 1. The number of benzene rings is 1. The molecule has 1 aromatic rings. The van der Waals surface area contributed by atoms with Crippen LogP contribution in [0.4, 0.5) is 0 Å². The third kappa shape index (κ3) is 2.12. The van der Waals surface area contributed by atoms with Gasteiger partial charge in [0.2, 0.25) is 0 Å². The molecule has 0 radical (unpaired) electrons. The third-order valence-electron chi connectivity index (χ3n) is 2.21. The summed E-state index contributed by atoms with van der Waals surface area (Å²) in [5, 5.41) is 0. The maximum absolute atomic E-state index is 11.6. The molecule has 2 rings (SSSR count). The van der Waals surface area contributed by atoms with E-state index in [2.05, 4.69) is 0 Å². The van der Waals surface area contributed by atoms with Crippen LogP contribution in [0.3, 0.4) is 0 Å². The molecule has 0 aliphatic carbocycles. The van der Waals surface area contributed by atoms with Gasteiger partial charge >= 0.3 is 0 Å². The van der Waals surface area contributed by atoms with E-state index in [1.165, 1.54) is 0 Å². The number of carbonyl (C=O) groups is 1. The van der Waals surface area contributed by atoms with Crippen LogP contribution in [-0.4, -0.2) is 18.5 Å². The maximum Gasteiger partial charge on any atom is 0.170 e. The number of hydrogen-bond acceptors (Lipinski definition) is 3. The maximum atomic E-state index is 11.6. The van der Waals surface area contributed by atoms with Crippen LogP contribution < -0.4 is 9.47 Å². The molecule has 0 N–H and O–H groups in total. The molecule has 3 nitrogen and oxygen atoms in total. The highest BCUT2D eigenvalue weighted by Crippen LogP contribution is 2.28. The quantitative estimate of drug-likeness (QED) is 0.745. The van der Waals surface area contributed by atoms with Gasteiger partial charge in [0.05, 0.1) is 18.3 Å². The number of hydrogen-bond donors (Lipinski definition) is 0. The summed E-state index contributed by atoms with van der Waals surface area (Å²) in [4.78, 5) is 11.6. The summed E-state index contributed by atoms with van der Waals surface area (Å²) in [5.74, 6) is 1.52. The SMILES string of the molecule is CC(C)Oc1ccc2c(c1)C(=O)CCO2. The van der Waals surface area contributed by atoms with Crippen LogP contribution in [0.25, 0.3) is 0 Å². The Morgan fingerprint density at radius 3 is 2.93 bits per heavy atom. The average molecular weight is 206 g/mol.